The van der Waals surface area contributed by atoms with Crippen LogP contribution in [0.25, 0.3) is 0 Å². The average Bonchev–Trinajstić information content (AvgIpc) is 3.29. The minimum Gasteiger partial charge on any atom is -0.491 e. The number of aliphatic hydroxyl groups is 1. The molecule has 1 aliphatic carbocycles. The molecule has 2 aliphatic rings. The van der Waals surface area contributed by atoms with Crippen molar-refractivity contribution in [2.24, 2.45) is 11.6 Å². The molecule has 0 spiro atoms. The molecular formula is C24H48N6O2. The van der Waals surface area contributed by atoms with Gasteiger partial charge in [0.2, 0.25) is 0 Å². The fourth-order valence-corrected chi connectivity index (χ4v) is 4.75. The summed E-state index contributed by atoms with van der Waals surface area (Å²) >= 11 is 0. The summed E-state index contributed by atoms with van der Waals surface area (Å²) in [5.74, 6) is 6.85. The fraction of sp³-hybridized carbons (Fsp3) is 0.667. The van der Waals surface area contributed by atoms with Crippen LogP contribution in [0.5, 0.6) is 5.75 Å². The number of nitrogens with zero attached hydrogens (tertiary/aromatic N) is 3. The van der Waals surface area contributed by atoms with Gasteiger partial charge < -0.3 is 31.2 Å². The van der Waals surface area contributed by atoms with Crippen molar-refractivity contribution in [3.63, 3.8) is 0 Å². The number of rotatable bonds is 8. The van der Waals surface area contributed by atoms with E-state index in [2.05, 4.69) is 23.9 Å². The number of hydrazine groups is 1. The molecular weight excluding hydrogens is 404 g/mol. The summed E-state index contributed by atoms with van der Waals surface area (Å²) in [7, 11) is 5.88. The largest absolute Gasteiger partial charge is 0.491 e. The van der Waals surface area contributed by atoms with Crippen molar-refractivity contribution in [3.8, 4) is 5.75 Å². The van der Waals surface area contributed by atoms with Crippen LogP contribution in [0, 0.1) is 0 Å². The summed E-state index contributed by atoms with van der Waals surface area (Å²) in [5, 5.41) is 12.5. The van der Waals surface area contributed by atoms with E-state index in [4.69, 9.17) is 22.0 Å². The second-order valence-corrected chi connectivity index (χ2v) is 9.29. The van der Waals surface area contributed by atoms with E-state index in [1.165, 1.54) is 0 Å². The summed E-state index contributed by atoms with van der Waals surface area (Å²) in [6.07, 6.45) is 3.88. The summed E-state index contributed by atoms with van der Waals surface area (Å²) in [4.78, 5) is 4.43. The van der Waals surface area contributed by atoms with Gasteiger partial charge in [-0.15, -0.1) is 0 Å². The zero-order chi connectivity index (χ0) is 22.3. The van der Waals surface area contributed by atoms with Crippen LogP contribution in [-0.2, 0) is 0 Å². The van der Waals surface area contributed by atoms with Crippen molar-refractivity contribution in [1.29, 1.82) is 0 Å². The molecule has 8 nitrogen and oxygen atoms in total. The first-order valence-corrected chi connectivity index (χ1v) is 10.6. The predicted molar refractivity (Wildman–Crippen MR) is 136 cm³/mol. The summed E-state index contributed by atoms with van der Waals surface area (Å²) in [6.45, 7) is 6.20. The molecule has 3 unspecified atom stereocenters. The maximum Gasteiger partial charge on any atom is 0.120 e. The van der Waals surface area contributed by atoms with Gasteiger partial charge in [0.05, 0.1) is 23.3 Å². The number of ether oxygens (including phenoxy) is 1. The van der Waals surface area contributed by atoms with Gasteiger partial charge in [0.15, 0.2) is 0 Å². The third-order valence-electron chi connectivity index (χ3n) is 6.56. The smallest absolute Gasteiger partial charge is 0.120 e. The minimum atomic E-state index is -0.633. The quantitative estimate of drug-likeness (QED) is 0.270. The molecule has 32 heavy (non-hydrogen) atoms. The number of likely N-dealkylation sites (tertiary alicyclic amines) is 1. The van der Waals surface area contributed by atoms with Crippen LogP contribution in [0.4, 0.5) is 5.69 Å². The summed E-state index contributed by atoms with van der Waals surface area (Å²) in [6, 6.07) is 5.07. The van der Waals surface area contributed by atoms with Gasteiger partial charge in [-0.1, -0.05) is 14.9 Å². The van der Waals surface area contributed by atoms with Crippen molar-refractivity contribution in [2.75, 3.05) is 46.5 Å². The molecule has 8 heteroatoms. The van der Waals surface area contributed by atoms with E-state index in [1.54, 1.807) is 12.1 Å². The zero-order valence-electron chi connectivity index (χ0n) is 18.9. The van der Waals surface area contributed by atoms with Crippen LogP contribution in [-0.4, -0.2) is 77.9 Å². The Balaban J connectivity index is 0.00000341. The molecule has 1 saturated heterocycles. The topological polar surface area (TPSA) is 117 Å². The van der Waals surface area contributed by atoms with Crippen molar-refractivity contribution < 1.29 is 11.3 Å². The number of benzene rings is 1. The molecule has 3 rings (SSSR count). The lowest BCUT2D eigenvalue weighted by atomic mass is 9.99. The molecule has 1 heterocycles. The Morgan fingerprint density at radius 1 is 1.31 bits per heavy atom. The lowest BCUT2D eigenvalue weighted by molar-refractivity contribution is 0.00534. The highest BCUT2D eigenvalue weighted by atomic mass is 16.5. The Morgan fingerprint density at radius 3 is 2.50 bits per heavy atom. The number of nitrogens with two attached hydrogens (primary N) is 3. The highest BCUT2D eigenvalue weighted by Gasteiger charge is 2.70. The molecule has 1 aliphatic heterocycles. The number of hydrogen-bond acceptors (Lipinski definition) is 8. The lowest BCUT2D eigenvalue weighted by Crippen LogP contribution is -2.52. The molecule has 7 N–H and O–H groups in total. The van der Waals surface area contributed by atoms with Crippen LogP contribution in [0.2, 0.25) is 0 Å². The molecule has 186 valence electrons. The number of anilines is 1. The Labute approximate surface area is 196 Å². The number of β-amino-alcohol motifs (C(OH)–C–C–N with tert-alkyl or cyclic N) is 1. The highest BCUT2D eigenvalue weighted by molar-refractivity contribution is 5.54. The molecule has 0 radical (unpaired) electrons. The molecule has 1 aromatic rings. The molecule has 2 fully saturated rings. The van der Waals surface area contributed by atoms with E-state index in [-0.39, 0.29) is 27.9 Å². The first-order chi connectivity index (χ1) is 14.0. The third kappa shape index (κ3) is 5.38. The van der Waals surface area contributed by atoms with Crippen LogP contribution in [0.3, 0.4) is 0 Å². The number of nitrogen functional groups attached to an aromatic ring is 1. The molecule has 1 aromatic carbocycles. The van der Waals surface area contributed by atoms with E-state index < -0.39 is 11.6 Å². The van der Waals surface area contributed by atoms with Gasteiger partial charge in [-0.2, -0.15) is 0 Å². The van der Waals surface area contributed by atoms with Crippen molar-refractivity contribution >= 4 is 5.69 Å². The van der Waals surface area contributed by atoms with Gasteiger partial charge in [-0.05, 0) is 58.6 Å². The van der Waals surface area contributed by atoms with E-state index in [9.17, 15) is 5.11 Å². The van der Waals surface area contributed by atoms with Crippen LogP contribution < -0.4 is 22.0 Å². The van der Waals surface area contributed by atoms with Gasteiger partial charge in [0, 0.05) is 51.5 Å². The van der Waals surface area contributed by atoms with E-state index >= 15 is 0 Å². The zero-order valence-corrected chi connectivity index (χ0v) is 18.9. The maximum absolute atomic E-state index is 10.9. The minimum absolute atomic E-state index is 0. The molecule has 0 amide bonds. The van der Waals surface area contributed by atoms with Gasteiger partial charge in [-0.3, -0.25) is 4.90 Å². The second-order valence-electron chi connectivity index (χ2n) is 9.29. The van der Waals surface area contributed by atoms with Crippen molar-refractivity contribution in [1.82, 2.24) is 14.8 Å². The number of piperidine rings is 1. The predicted octanol–water partition coefficient (Wildman–Crippen LogP) is 2.40. The molecule has 0 aromatic heterocycles. The summed E-state index contributed by atoms with van der Waals surface area (Å²) < 4.78 is 5.80. The first kappa shape index (κ1) is 28.2. The van der Waals surface area contributed by atoms with Crippen molar-refractivity contribution in [3.05, 3.63) is 35.5 Å². The van der Waals surface area contributed by atoms with Gasteiger partial charge in [-0.25, -0.2) is 5.84 Å². The lowest BCUT2D eigenvalue weighted by Gasteiger charge is -2.38. The van der Waals surface area contributed by atoms with Gasteiger partial charge in [0.25, 0.3) is 0 Å². The van der Waals surface area contributed by atoms with Gasteiger partial charge >= 0.3 is 0 Å². The normalized spacial score (nSPS) is 26.1. The second kappa shape index (κ2) is 10.4. The van der Waals surface area contributed by atoms with Crippen LogP contribution >= 0.6 is 0 Å². The molecule has 3 atom stereocenters. The van der Waals surface area contributed by atoms with E-state index in [0.717, 1.165) is 36.4 Å². The Morgan fingerprint density at radius 2 is 1.97 bits per heavy atom. The Kier molecular flexibility index (Phi) is 9.16. The number of fused-ring (bicyclic) bond motifs is 1. The average molecular weight is 453 g/mol. The maximum atomic E-state index is 10.9. The third-order valence-corrected chi connectivity index (χ3v) is 6.56. The number of likely N-dealkylation sites (N-methyl/N-ethyl adjacent to an activating group) is 2. The monoisotopic (exact) mass is 452 g/mol. The standard InChI is InChI=1S/C22H38N6O2.2CH4.H2/c1-15(2)30-16-6-7-18(23)17(12-16)20(24)19(27(5)25)8-10-28-11-9-21(26(3)4)13-22(21,29)14-28;;;/h6-8,12,15,20,29H,9-11,13-14,23-25H2,1-5H3;2*1H4;1H/b19-8-;;;. The SMILES string of the molecule is C.C.CC(C)Oc1ccc(N)c(C(N)/C(=C/CN2CCC3(N(C)C)CC3(O)C2)N(C)N)c1.[HH]. The number of hydrogen-bond donors (Lipinski definition) is 4. The van der Waals surface area contributed by atoms with Crippen LogP contribution in [0.15, 0.2) is 30.0 Å². The van der Waals surface area contributed by atoms with Crippen molar-refractivity contribution in [2.45, 2.75) is 64.8 Å². The Hall–Kier alpha value is -1.84. The first-order valence-electron chi connectivity index (χ1n) is 10.6. The Bertz CT molecular complexity index is 803. The van der Waals surface area contributed by atoms with Crippen LogP contribution in [0.1, 0.15) is 54.6 Å². The molecule has 1 saturated carbocycles. The summed E-state index contributed by atoms with van der Waals surface area (Å²) in [5.41, 5.74) is 14.2. The van der Waals surface area contributed by atoms with E-state index in [1.807, 2.05) is 38.1 Å². The van der Waals surface area contributed by atoms with E-state index in [0.29, 0.717) is 18.8 Å². The molecule has 0 bridgehead atoms. The highest BCUT2D eigenvalue weighted by Crippen LogP contribution is 2.56. The fourth-order valence-electron chi connectivity index (χ4n) is 4.75. The van der Waals surface area contributed by atoms with Gasteiger partial charge in [0.1, 0.15) is 5.75 Å².